The summed E-state index contributed by atoms with van der Waals surface area (Å²) < 4.78 is 13.6. The van der Waals surface area contributed by atoms with Gasteiger partial charge in [-0.2, -0.15) is 0 Å². The molecule has 0 aliphatic carbocycles. The fourth-order valence-corrected chi connectivity index (χ4v) is 6.72. The smallest absolute Gasteiger partial charge is 0.338 e. The number of nitro groups is 1. The fraction of sp³-hybridized carbons (Fsp3) is 0.207. The standard InChI is InChI=1S/C29H24BrN5O6S2/c1-15(2)41-27(37)24-16(3)33-29-34(25(24)20-14-18(30)6-8-21(20)40-4)26(36)23(43-29)13-17-12-19(35(38)39)7-9-22(17)42-28-31-10-5-11-32-28/h5-15,25H,1-4H3/b23-13-/t25-/m0/s1. The largest absolute Gasteiger partial charge is 0.496 e. The molecule has 3 heterocycles. The quantitative estimate of drug-likeness (QED) is 0.111. The van der Waals surface area contributed by atoms with E-state index in [1.54, 1.807) is 69.6 Å². The highest BCUT2D eigenvalue weighted by Gasteiger charge is 2.35. The number of fused-ring (bicyclic) bond motifs is 1. The van der Waals surface area contributed by atoms with E-state index < -0.39 is 28.6 Å². The van der Waals surface area contributed by atoms with Gasteiger partial charge in [-0.1, -0.05) is 27.3 Å². The molecule has 0 fully saturated rings. The molecule has 2 aromatic heterocycles. The number of rotatable bonds is 8. The first kappa shape index (κ1) is 30.3. The van der Waals surface area contributed by atoms with Gasteiger partial charge < -0.3 is 9.47 Å². The number of carbonyl (C=O) groups is 1. The number of hydrogen-bond acceptors (Lipinski definition) is 11. The van der Waals surface area contributed by atoms with Crippen molar-refractivity contribution in [2.75, 3.05) is 7.11 Å². The minimum absolute atomic E-state index is 0.135. The molecule has 43 heavy (non-hydrogen) atoms. The van der Waals surface area contributed by atoms with Crippen molar-refractivity contribution >= 4 is 56.8 Å². The third kappa shape index (κ3) is 6.31. The molecule has 0 spiro atoms. The molecule has 2 aromatic carbocycles. The van der Waals surface area contributed by atoms with Gasteiger partial charge in [0, 0.05) is 39.5 Å². The highest BCUT2D eigenvalue weighted by molar-refractivity contribution is 9.10. The number of nitro benzene ring substituents is 1. The van der Waals surface area contributed by atoms with Crippen LogP contribution in [0, 0.1) is 10.1 Å². The van der Waals surface area contributed by atoms with Crippen molar-refractivity contribution in [3.63, 3.8) is 0 Å². The number of ether oxygens (including phenoxy) is 2. The number of thiazole rings is 1. The summed E-state index contributed by atoms with van der Waals surface area (Å²) in [6.07, 6.45) is 4.38. The molecule has 0 radical (unpaired) electrons. The summed E-state index contributed by atoms with van der Waals surface area (Å²) in [5.74, 6) is -0.134. The predicted octanol–water partition coefficient (Wildman–Crippen LogP) is 4.81. The maximum absolute atomic E-state index is 14.2. The van der Waals surface area contributed by atoms with E-state index in [2.05, 4.69) is 30.9 Å². The van der Waals surface area contributed by atoms with Crippen LogP contribution in [0.15, 0.2) is 90.4 Å². The first-order valence-corrected chi connectivity index (χ1v) is 15.3. The molecular weight excluding hydrogens is 658 g/mol. The third-order valence-electron chi connectivity index (χ3n) is 6.30. The van der Waals surface area contributed by atoms with Crippen molar-refractivity contribution in [3.8, 4) is 5.75 Å². The number of aromatic nitrogens is 3. The molecule has 0 N–H and O–H groups in total. The van der Waals surface area contributed by atoms with E-state index in [1.165, 1.54) is 35.6 Å². The molecule has 0 bridgehead atoms. The number of esters is 1. The van der Waals surface area contributed by atoms with Crippen molar-refractivity contribution in [2.24, 2.45) is 4.99 Å². The van der Waals surface area contributed by atoms with Crippen molar-refractivity contribution in [2.45, 2.75) is 43.0 Å². The first-order chi connectivity index (χ1) is 20.6. The topological polar surface area (TPSA) is 139 Å². The highest BCUT2D eigenvalue weighted by Crippen LogP contribution is 2.37. The van der Waals surface area contributed by atoms with Gasteiger partial charge in [0.15, 0.2) is 9.96 Å². The monoisotopic (exact) mass is 681 g/mol. The zero-order valence-corrected chi connectivity index (χ0v) is 26.5. The molecule has 220 valence electrons. The van der Waals surface area contributed by atoms with E-state index in [9.17, 15) is 19.7 Å². The molecular formula is C29H24BrN5O6S2. The number of halogens is 1. The van der Waals surface area contributed by atoms with Crippen LogP contribution in [0.1, 0.15) is 37.9 Å². The van der Waals surface area contributed by atoms with Crippen LogP contribution in [0.3, 0.4) is 0 Å². The number of hydrogen-bond donors (Lipinski definition) is 0. The van der Waals surface area contributed by atoms with E-state index in [0.29, 0.717) is 37.4 Å². The molecule has 1 aliphatic heterocycles. The average Bonchev–Trinajstić information content (AvgIpc) is 3.27. The lowest BCUT2D eigenvalue weighted by Gasteiger charge is -2.26. The number of allylic oxidation sites excluding steroid dienone is 1. The summed E-state index contributed by atoms with van der Waals surface area (Å²) in [6, 6.07) is 10.5. The average molecular weight is 683 g/mol. The zero-order chi connectivity index (χ0) is 30.8. The normalized spacial score (nSPS) is 14.8. The molecule has 0 saturated heterocycles. The van der Waals surface area contributed by atoms with E-state index in [-0.39, 0.29) is 15.8 Å². The molecule has 11 nitrogen and oxygen atoms in total. The van der Waals surface area contributed by atoms with Gasteiger partial charge in [0.25, 0.3) is 11.2 Å². The SMILES string of the molecule is COc1ccc(Br)cc1[C@H]1C(C(=O)OC(C)C)=C(C)N=c2s/c(=C\c3cc([N+](=O)[O-])ccc3Sc3ncccn3)c(=O)n21. The maximum Gasteiger partial charge on any atom is 0.338 e. The van der Waals surface area contributed by atoms with Gasteiger partial charge >= 0.3 is 5.97 Å². The Balaban J connectivity index is 1.75. The fourth-order valence-electron chi connectivity index (χ4n) is 4.51. The van der Waals surface area contributed by atoms with Crippen LogP contribution in [0.25, 0.3) is 6.08 Å². The molecule has 14 heteroatoms. The van der Waals surface area contributed by atoms with Crippen LogP contribution in [-0.2, 0) is 9.53 Å². The summed E-state index contributed by atoms with van der Waals surface area (Å²) in [5, 5.41) is 12.1. The number of non-ortho nitro benzene ring substituents is 1. The molecule has 0 unspecified atom stereocenters. The van der Waals surface area contributed by atoms with Crippen molar-refractivity contribution < 1.29 is 19.2 Å². The summed E-state index contributed by atoms with van der Waals surface area (Å²) >= 11 is 5.82. The second-order valence-corrected chi connectivity index (χ2v) is 12.5. The lowest BCUT2D eigenvalue weighted by atomic mass is 9.95. The third-order valence-corrected chi connectivity index (χ3v) is 8.77. The first-order valence-electron chi connectivity index (χ1n) is 12.9. The Labute approximate surface area is 261 Å². The van der Waals surface area contributed by atoms with Crippen molar-refractivity contribution in [1.29, 1.82) is 0 Å². The van der Waals surface area contributed by atoms with Gasteiger partial charge in [0.05, 0.1) is 33.9 Å². The van der Waals surface area contributed by atoms with E-state index >= 15 is 0 Å². The van der Waals surface area contributed by atoms with Crippen LogP contribution in [-0.4, -0.2) is 38.6 Å². The van der Waals surface area contributed by atoms with Gasteiger partial charge in [0.2, 0.25) is 0 Å². The van der Waals surface area contributed by atoms with Gasteiger partial charge in [-0.05, 0) is 74.5 Å². The maximum atomic E-state index is 14.2. The second kappa shape index (κ2) is 12.6. The predicted molar refractivity (Wildman–Crippen MR) is 165 cm³/mol. The van der Waals surface area contributed by atoms with Gasteiger partial charge in [0.1, 0.15) is 11.8 Å². The Hall–Kier alpha value is -4.14. The summed E-state index contributed by atoms with van der Waals surface area (Å²) in [4.78, 5) is 52.8. The van der Waals surface area contributed by atoms with Crippen LogP contribution in [0.5, 0.6) is 5.75 Å². The Morgan fingerprint density at radius 1 is 1.21 bits per heavy atom. The van der Waals surface area contributed by atoms with Crippen LogP contribution in [0.4, 0.5) is 5.69 Å². The summed E-state index contributed by atoms with van der Waals surface area (Å²) in [5.41, 5.74) is 1.03. The van der Waals surface area contributed by atoms with Crippen molar-refractivity contribution in [3.05, 3.63) is 112 Å². The van der Waals surface area contributed by atoms with Crippen LogP contribution < -0.4 is 19.6 Å². The Morgan fingerprint density at radius 3 is 2.63 bits per heavy atom. The summed E-state index contributed by atoms with van der Waals surface area (Å²) in [7, 11) is 1.51. The Bertz CT molecular complexity index is 1960. The minimum Gasteiger partial charge on any atom is -0.496 e. The second-order valence-electron chi connectivity index (χ2n) is 9.53. The number of benzene rings is 2. The van der Waals surface area contributed by atoms with Crippen LogP contribution in [0.2, 0.25) is 0 Å². The number of methoxy groups -OCH3 is 1. The number of nitrogens with zero attached hydrogens (tertiary/aromatic N) is 5. The van der Waals surface area contributed by atoms with Gasteiger partial charge in [-0.15, -0.1) is 0 Å². The minimum atomic E-state index is -0.909. The summed E-state index contributed by atoms with van der Waals surface area (Å²) in [6.45, 7) is 5.18. The van der Waals surface area contributed by atoms with Crippen molar-refractivity contribution in [1.82, 2.24) is 14.5 Å². The van der Waals surface area contributed by atoms with Crippen LogP contribution >= 0.6 is 39.0 Å². The van der Waals surface area contributed by atoms with Gasteiger partial charge in [-0.25, -0.2) is 19.8 Å². The van der Waals surface area contributed by atoms with Gasteiger partial charge in [-0.3, -0.25) is 19.5 Å². The molecule has 0 amide bonds. The van der Waals surface area contributed by atoms with E-state index in [1.807, 2.05) is 0 Å². The molecule has 4 aromatic rings. The Morgan fingerprint density at radius 2 is 1.95 bits per heavy atom. The molecule has 5 rings (SSSR count). The molecule has 0 saturated carbocycles. The van der Waals surface area contributed by atoms with E-state index in [0.717, 1.165) is 15.8 Å². The molecule has 1 aliphatic rings. The van der Waals surface area contributed by atoms with E-state index in [4.69, 9.17) is 9.47 Å². The lowest BCUT2D eigenvalue weighted by molar-refractivity contribution is -0.384. The Kier molecular flexibility index (Phi) is 8.89. The highest BCUT2D eigenvalue weighted by atomic mass is 79.9. The lowest BCUT2D eigenvalue weighted by Crippen LogP contribution is -2.40. The number of carbonyl (C=O) groups excluding carboxylic acids is 1. The zero-order valence-electron chi connectivity index (χ0n) is 23.3. The molecule has 1 atom stereocenters.